The van der Waals surface area contributed by atoms with E-state index in [0.717, 1.165) is 22.8 Å². The average molecular weight is 527 g/mol. The van der Waals surface area contributed by atoms with Crippen molar-refractivity contribution in [2.24, 2.45) is 0 Å². The number of sulfonamides is 1. The molecule has 0 unspecified atom stereocenters. The van der Waals surface area contributed by atoms with Crippen molar-refractivity contribution in [3.8, 4) is 5.75 Å². The third-order valence-corrected chi connectivity index (χ3v) is 8.29. The van der Waals surface area contributed by atoms with Crippen LogP contribution in [-0.4, -0.2) is 27.1 Å². The highest BCUT2D eigenvalue weighted by Crippen LogP contribution is 2.35. The largest absolute Gasteiger partial charge is 0.485 e. The molecule has 0 bridgehead atoms. The molecular formula is C23H21Cl2FN2O3S2. The van der Waals surface area contributed by atoms with Gasteiger partial charge in [0.05, 0.1) is 15.7 Å². The normalized spacial score (nSPS) is 18.3. The molecule has 0 spiro atoms. The summed E-state index contributed by atoms with van der Waals surface area (Å²) in [6.45, 7) is 3.50. The summed E-state index contributed by atoms with van der Waals surface area (Å²) in [5, 5.41) is 3.71. The second-order valence-electron chi connectivity index (χ2n) is 7.88. The molecule has 1 aliphatic heterocycles. The van der Waals surface area contributed by atoms with E-state index in [4.69, 9.17) is 27.9 Å². The maximum absolute atomic E-state index is 13.1. The fourth-order valence-corrected chi connectivity index (χ4v) is 6.08. The van der Waals surface area contributed by atoms with E-state index in [-0.39, 0.29) is 15.7 Å². The van der Waals surface area contributed by atoms with Gasteiger partial charge in [-0.1, -0.05) is 35.0 Å². The van der Waals surface area contributed by atoms with E-state index in [9.17, 15) is 12.8 Å². The molecule has 0 aliphatic carbocycles. The summed E-state index contributed by atoms with van der Waals surface area (Å²) < 4.78 is 47.7. The molecule has 5 nitrogen and oxygen atoms in total. The number of halogens is 3. The van der Waals surface area contributed by atoms with Crippen molar-refractivity contribution in [3.05, 3.63) is 76.5 Å². The highest BCUT2D eigenvalue weighted by Gasteiger charge is 2.31. The van der Waals surface area contributed by atoms with E-state index in [0.29, 0.717) is 23.0 Å². The van der Waals surface area contributed by atoms with Crippen LogP contribution in [0, 0.1) is 5.82 Å². The summed E-state index contributed by atoms with van der Waals surface area (Å²) in [6.07, 6.45) is 0.817. The standard InChI is InChI=1S/C23H21Cl2FN2O3S2/c1-23(10-11-27-14-23)31-21-12-16(4-8-19(21)24)28-33(29,30)22-9-7-18(13-20(22)25)32-17-5-2-15(26)3-6-17/h2-9,12-13,27-28H,10-11,14H2,1H3/t23-/m1/s1. The smallest absolute Gasteiger partial charge is 0.263 e. The zero-order chi connectivity index (χ0) is 23.6. The first kappa shape index (κ1) is 24.2. The summed E-state index contributed by atoms with van der Waals surface area (Å²) in [4.78, 5) is 1.48. The van der Waals surface area contributed by atoms with E-state index in [1.54, 1.807) is 42.5 Å². The minimum atomic E-state index is -3.96. The first-order valence-corrected chi connectivity index (χ1v) is 13.1. The Kier molecular flexibility index (Phi) is 7.12. The lowest BCUT2D eigenvalue weighted by Gasteiger charge is -2.25. The maximum atomic E-state index is 13.1. The van der Waals surface area contributed by atoms with E-state index in [1.165, 1.54) is 30.0 Å². The highest BCUT2D eigenvalue weighted by molar-refractivity contribution is 7.99. The van der Waals surface area contributed by atoms with Gasteiger partial charge in [-0.05, 0) is 68.1 Å². The molecular weight excluding hydrogens is 506 g/mol. The minimum absolute atomic E-state index is 0.0583. The van der Waals surface area contributed by atoms with Gasteiger partial charge in [0.25, 0.3) is 10.0 Å². The molecule has 1 atom stereocenters. The summed E-state index contributed by atoms with van der Waals surface area (Å²) in [5.74, 6) is 0.0786. The van der Waals surface area contributed by atoms with Crippen molar-refractivity contribution < 1.29 is 17.5 Å². The van der Waals surface area contributed by atoms with Crippen LogP contribution in [0.4, 0.5) is 10.1 Å². The van der Waals surface area contributed by atoms with Crippen LogP contribution in [0.3, 0.4) is 0 Å². The SMILES string of the molecule is C[C@@]1(Oc2cc(NS(=O)(=O)c3ccc(Sc4ccc(F)cc4)cc3Cl)ccc2Cl)CCNC1. The zero-order valence-corrected chi connectivity index (χ0v) is 20.7. The summed E-state index contributed by atoms with van der Waals surface area (Å²) in [7, 11) is -3.96. The van der Waals surface area contributed by atoms with Crippen LogP contribution in [0.2, 0.25) is 10.0 Å². The maximum Gasteiger partial charge on any atom is 0.263 e. The number of rotatable bonds is 7. The van der Waals surface area contributed by atoms with Gasteiger partial charge in [-0.25, -0.2) is 12.8 Å². The van der Waals surface area contributed by atoms with Gasteiger partial charge in [-0.3, -0.25) is 4.72 Å². The zero-order valence-electron chi connectivity index (χ0n) is 17.6. The van der Waals surface area contributed by atoms with E-state index < -0.39 is 15.6 Å². The Hall–Kier alpha value is -1.97. The molecule has 1 fully saturated rings. The summed E-state index contributed by atoms with van der Waals surface area (Å²) in [5.41, 5.74) is -0.104. The number of nitrogens with one attached hydrogen (secondary N) is 2. The predicted octanol–water partition coefficient (Wildman–Crippen LogP) is 6.22. The van der Waals surface area contributed by atoms with Crippen LogP contribution in [0.15, 0.2) is 75.4 Å². The van der Waals surface area contributed by atoms with E-state index in [2.05, 4.69) is 10.0 Å². The molecule has 174 valence electrons. The third-order valence-electron chi connectivity index (χ3n) is 5.11. The molecule has 1 heterocycles. The molecule has 1 aliphatic rings. The Balaban J connectivity index is 1.52. The Morgan fingerprint density at radius 2 is 1.76 bits per heavy atom. The number of hydrogen-bond acceptors (Lipinski definition) is 5. The lowest BCUT2D eigenvalue weighted by atomic mass is 10.1. The van der Waals surface area contributed by atoms with Crippen molar-refractivity contribution in [2.45, 2.75) is 33.6 Å². The van der Waals surface area contributed by atoms with E-state index in [1.807, 2.05) is 6.92 Å². The average Bonchev–Trinajstić information content (AvgIpc) is 3.18. The van der Waals surface area contributed by atoms with Crippen LogP contribution in [0.1, 0.15) is 13.3 Å². The summed E-state index contributed by atoms with van der Waals surface area (Å²) in [6, 6.07) is 15.4. The Bertz CT molecular complexity index is 1270. The number of hydrogen-bond donors (Lipinski definition) is 2. The van der Waals surface area contributed by atoms with Gasteiger partial charge < -0.3 is 10.1 Å². The van der Waals surface area contributed by atoms with Crippen molar-refractivity contribution in [3.63, 3.8) is 0 Å². The van der Waals surface area contributed by atoms with Crippen LogP contribution >= 0.6 is 35.0 Å². The van der Waals surface area contributed by atoms with Crippen LogP contribution in [0.25, 0.3) is 0 Å². The van der Waals surface area contributed by atoms with Gasteiger partial charge in [-0.2, -0.15) is 0 Å². The van der Waals surface area contributed by atoms with Crippen molar-refractivity contribution in [2.75, 3.05) is 17.8 Å². The minimum Gasteiger partial charge on any atom is -0.485 e. The van der Waals surface area contributed by atoms with Gasteiger partial charge in [0.15, 0.2) is 0 Å². The summed E-state index contributed by atoms with van der Waals surface area (Å²) >= 11 is 13.9. The topological polar surface area (TPSA) is 67.4 Å². The fraction of sp³-hybridized carbons (Fsp3) is 0.217. The number of benzene rings is 3. The molecule has 0 saturated carbocycles. The van der Waals surface area contributed by atoms with Crippen LogP contribution < -0.4 is 14.8 Å². The molecule has 2 N–H and O–H groups in total. The highest BCUT2D eigenvalue weighted by atomic mass is 35.5. The Morgan fingerprint density at radius 1 is 1.03 bits per heavy atom. The molecule has 0 amide bonds. The third kappa shape index (κ3) is 5.94. The fourth-order valence-electron chi connectivity index (χ4n) is 3.40. The van der Waals surface area contributed by atoms with Gasteiger partial charge in [0, 0.05) is 28.8 Å². The van der Waals surface area contributed by atoms with Crippen molar-refractivity contribution in [1.82, 2.24) is 5.32 Å². The Labute approximate surface area is 206 Å². The quantitative estimate of drug-likeness (QED) is 0.382. The Morgan fingerprint density at radius 3 is 2.42 bits per heavy atom. The van der Waals surface area contributed by atoms with Crippen molar-refractivity contribution in [1.29, 1.82) is 0 Å². The van der Waals surface area contributed by atoms with Gasteiger partial charge in [0.2, 0.25) is 0 Å². The van der Waals surface area contributed by atoms with Crippen LogP contribution in [0.5, 0.6) is 5.75 Å². The van der Waals surface area contributed by atoms with E-state index >= 15 is 0 Å². The predicted molar refractivity (Wildman–Crippen MR) is 131 cm³/mol. The van der Waals surface area contributed by atoms with Gasteiger partial charge in [-0.15, -0.1) is 0 Å². The molecule has 3 aromatic rings. The molecule has 33 heavy (non-hydrogen) atoms. The second-order valence-corrected chi connectivity index (χ2v) is 11.5. The van der Waals surface area contributed by atoms with Gasteiger partial charge in [0.1, 0.15) is 22.1 Å². The molecule has 0 aromatic heterocycles. The molecule has 4 rings (SSSR count). The number of ether oxygens (including phenoxy) is 1. The monoisotopic (exact) mass is 526 g/mol. The first-order chi connectivity index (χ1) is 15.6. The second kappa shape index (κ2) is 9.72. The molecule has 3 aromatic carbocycles. The molecule has 0 radical (unpaired) electrons. The lowest BCUT2D eigenvalue weighted by molar-refractivity contribution is 0.111. The van der Waals surface area contributed by atoms with Crippen LogP contribution in [-0.2, 0) is 10.0 Å². The van der Waals surface area contributed by atoms with Gasteiger partial charge >= 0.3 is 0 Å². The van der Waals surface area contributed by atoms with Crippen molar-refractivity contribution >= 4 is 50.7 Å². The molecule has 10 heteroatoms. The first-order valence-electron chi connectivity index (χ1n) is 10.1. The lowest BCUT2D eigenvalue weighted by Crippen LogP contribution is -2.34. The molecule has 1 saturated heterocycles. The number of anilines is 1.